The second-order valence-electron chi connectivity index (χ2n) is 7.04. The number of carbonyl (C=O) groups is 1. The zero-order valence-electron chi connectivity index (χ0n) is 16.3. The number of methoxy groups -OCH3 is 1. The third-order valence-corrected chi connectivity index (χ3v) is 5.32. The summed E-state index contributed by atoms with van der Waals surface area (Å²) >= 11 is 0. The van der Waals surface area contributed by atoms with E-state index in [-0.39, 0.29) is 5.91 Å². The molecule has 0 spiro atoms. The van der Waals surface area contributed by atoms with Gasteiger partial charge in [-0.05, 0) is 30.9 Å². The van der Waals surface area contributed by atoms with Gasteiger partial charge in [0, 0.05) is 43.3 Å². The van der Waals surface area contributed by atoms with Crippen LogP contribution >= 0.6 is 0 Å². The van der Waals surface area contributed by atoms with Gasteiger partial charge < -0.3 is 19.2 Å². The van der Waals surface area contributed by atoms with Crippen LogP contribution in [0.3, 0.4) is 0 Å². The minimum absolute atomic E-state index is 0.194. The molecular weight excluding hydrogens is 354 g/mol. The third-order valence-electron chi connectivity index (χ3n) is 5.32. The number of fused-ring (bicyclic) bond motifs is 1. The highest BCUT2D eigenvalue weighted by Gasteiger charge is 2.21. The van der Waals surface area contributed by atoms with Crippen molar-refractivity contribution < 1.29 is 14.3 Å². The Morgan fingerprint density at radius 1 is 1.29 bits per heavy atom. The molecule has 6 nitrogen and oxygen atoms in total. The zero-order valence-corrected chi connectivity index (χ0v) is 16.3. The number of carbonyl (C=O) groups excluding carboxylic acids is 1. The molecule has 28 heavy (non-hydrogen) atoms. The highest BCUT2D eigenvalue weighted by atomic mass is 16.5. The van der Waals surface area contributed by atoms with Crippen molar-refractivity contribution in [2.75, 3.05) is 25.6 Å². The molecule has 4 rings (SSSR count). The summed E-state index contributed by atoms with van der Waals surface area (Å²) < 4.78 is 12.9. The van der Waals surface area contributed by atoms with E-state index in [0.717, 1.165) is 55.1 Å². The molecule has 1 aliphatic heterocycles. The first-order valence-corrected chi connectivity index (χ1v) is 9.73. The van der Waals surface area contributed by atoms with Crippen LogP contribution in [0.15, 0.2) is 42.7 Å². The van der Waals surface area contributed by atoms with Crippen molar-refractivity contribution in [2.45, 2.75) is 32.1 Å². The average molecular weight is 379 g/mol. The molecular formula is C22H25N3O3. The number of hydrogen-bond acceptors (Lipinski definition) is 4. The van der Waals surface area contributed by atoms with Crippen LogP contribution in [-0.4, -0.2) is 35.6 Å². The highest BCUT2D eigenvalue weighted by molar-refractivity contribution is 6.06. The molecule has 2 aromatic heterocycles. The topological polar surface area (TPSA) is 64.9 Å². The van der Waals surface area contributed by atoms with Crippen molar-refractivity contribution in [1.29, 1.82) is 0 Å². The normalized spacial score (nSPS) is 14.9. The average Bonchev–Trinajstić information content (AvgIpc) is 3.17. The number of aryl methyl sites for hydroxylation is 1. The van der Waals surface area contributed by atoms with Crippen molar-refractivity contribution in [3.8, 4) is 5.75 Å². The molecule has 1 aromatic carbocycles. The molecule has 1 aliphatic rings. The van der Waals surface area contributed by atoms with Gasteiger partial charge in [-0.2, -0.15) is 0 Å². The van der Waals surface area contributed by atoms with Crippen LogP contribution in [0, 0.1) is 0 Å². The van der Waals surface area contributed by atoms with Crippen LogP contribution in [0.5, 0.6) is 5.75 Å². The molecule has 1 fully saturated rings. The van der Waals surface area contributed by atoms with E-state index in [2.05, 4.69) is 12.2 Å². The first kappa shape index (κ1) is 18.5. The molecule has 1 saturated heterocycles. The summed E-state index contributed by atoms with van der Waals surface area (Å²) in [7, 11) is 1.57. The predicted molar refractivity (Wildman–Crippen MR) is 108 cm³/mol. The minimum Gasteiger partial charge on any atom is -0.496 e. The monoisotopic (exact) mass is 379 g/mol. The summed E-state index contributed by atoms with van der Waals surface area (Å²) in [6.45, 7) is 3.61. The maximum Gasteiger partial charge on any atom is 0.260 e. The lowest BCUT2D eigenvalue weighted by molar-refractivity contribution is 0.0846. The van der Waals surface area contributed by atoms with Crippen LogP contribution in [0.1, 0.15) is 47.3 Å². The Hall–Kier alpha value is -2.86. The van der Waals surface area contributed by atoms with Crippen LogP contribution in [0.2, 0.25) is 0 Å². The smallest absolute Gasteiger partial charge is 0.260 e. The first-order chi connectivity index (χ1) is 13.7. The van der Waals surface area contributed by atoms with E-state index in [1.54, 1.807) is 13.3 Å². The van der Waals surface area contributed by atoms with E-state index in [9.17, 15) is 4.79 Å². The summed E-state index contributed by atoms with van der Waals surface area (Å²) in [6, 6.07) is 9.66. The lowest BCUT2D eigenvalue weighted by Crippen LogP contribution is -2.15. The second-order valence-corrected chi connectivity index (χ2v) is 7.04. The Labute approximate surface area is 164 Å². The summed E-state index contributed by atoms with van der Waals surface area (Å²) in [5.41, 5.74) is 4.23. The Morgan fingerprint density at radius 3 is 2.82 bits per heavy atom. The van der Waals surface area contributed by atoms with Crippen LogP contribution in [0.25, 0.3) is 5.65 Å². The SMILES string of the molecule is CCc1ccccc1NC(=O)c1cn2cc(C3CCOCC3)nc2cc1OC. The lowest BCUT2D eigenvalue weighted by Gasteiger charge is -2.19. The Kier molecular flexibility index (Phi) is 5.30. The molecule has 6 heteroatoms. The largest absolute Gasteiger partial charge is 0.496 e. The van der Waals surface area contributed by atoms with Crippen LogP contribution in [0.4, 0.5) is 5.69 Å². The number of para-hydroxylation sites is 1. The van der Waals surface area contributed by atoms with Gasteiger partial charge in [0.15, 0.2) is 0 Å². The number of rotatable bonds is 5. The summed E-state index contributed by atoms with van der Waals surface area (Å²) in [6.07, 6.45) is 6.61. The van der Waals surface area contributed by atoms with Gasteiger partial charge in [0.25, 0.3) is 5.91 Å². The fourth-order valence-corrected chi connectivity index (χ4v) is 3.71. The number of imidazole rings is 1. The molecule has 3 heterocycles. The number of benzene rings is 1. The van der Waals surface area contributed by atoms with E-state index in [4.69, 9.17) is 14.5 Å². The molecule has 0 atom stereocenters. The summed E-state index contributed by atoms with van der Waals surface area (Å²) in [5.74, 6) is 0.720. The fraction of sp³-hybridized carbons (Fsp3) is 0.364. The quantitative estimate of drug-likeness (QED) is 0.726. The predicted octanol–water partition coefficient (Wildman–Crippen LogP) is 4.05. The van der Waals surface area contributed by atoms with Crippen LogP contribution < -0.4 is 10.1 Å². The molecule has 1 amide bonds. The Bertz CT molecular complexity index is 990. The van der Waals surface area contributed by atoms with Gasteiger partial charge in [0.1, 0.15) is 11.4 Å². The summed E-state index contributed by atoms with van der Waals surface area (Å²) in [4.78, 5) is 17.7. The number of hydrogen-bond donors (Lipinski definition) is 1. The molecule has 0 saturated carbocycles. The number of ether oxygens (including phenoxy) is 2. The molecule has 0 unspecified atom stereocenters. The van der Waals surface area contributed by atoms with E-state index < -0.39 is 0 Å². The van der Waals surface area contributed by atoms with Crippen molar-refractivity contribution >= 4 is 17.2 Å². The maximum atomic E-state index is 13.0. The van der Waals surface area contributed by atoms with Gasteiger partial charge in [-0.15, -0.1) is 0 Å². The number of nitrogens with zero attached hydrogens (tertiary/aromatic N) is 2. The van der Waals surface area contributed by atoms with Gasteiger partial charge in [-0.3, -0.25) is 4.79 Å². The van der Waals surface area contributed by atoms with Crippen molar-refractivity contribution in [2.24, 2.45) is 0 Å². The van der Waals surface area contributed by atoms with Gasteiger partial charge >= 0.3 is 0 Å². The maximum absolute atomic E-state index is 13.0. The van der Waals surface area contributed by atoms with E-state index >= 15 is 0 Å². The molecule has 0 bridgehead atoms. The number of pyridine rings is 1. The molecule has 0 radical (unpaired) electrons. The van der Waals surface area contributed by atoms with Crippen molar-refractivity contribution in [3.63, 3.8) is 0 Å². The van der Waals surface area contributed by atoms with Gasteiger partial charge in [-0.1, -0.05) is 25.1 Å². The van der Waals surface area contributed by atoms with Crippen molar-refractivity contribution in [3.05, 3.63) is 59.5 Å². The van der Waals surface area contributed by atoms with E-state index in [1.165, 1.54) is 0 Å². The number of nitrogens with one attached hydrogen (secondary N) is 1. The third kappa shape index (κ3) is 3.60. The van der Waals surface area contributed by atoms with Gasteiger partial charge in [0.2, 0.25) is 0 Å². The Morgan fingerprint density at radius 2 is 2.07 bits per heavy atom. The molecule has 0 aliphatic carbocycles. The van der Waals surface area contributed by atoms with Gasteiger partial charge in [-0.25, -0.2) is 4.98 Å². The van der Waals surface area contributed by atoms with Gasteiger partial charge in [0.05, 0.1) is 18.4 Å². The molecule has 1 N–H and O–H groups in total. The Balaban J connectivity index is 1.66. The summed E-state index contributed by atoms with van der Waals surface area (Å²) in [5, 5.41) is 3.02. The molecule has 3 aromatic rings. The second kappa shape index (κ2) is 8.02. The highest BCUT2D eigenvalue weighted by Crippen LogP contribution is 2.29. The molecule has 146 valence electrons. The fourth-order valence-electron chi connectivity index (χ4n) is 3.71. The van der Waals surface area contributed by atoms with Crippen molar-refractivity contribution in [1.82, 2.24) is 9.38 Å². The lowest BCUT2D eigenvalue weighted by atomic mass is 9.97. The van der Waals surface area contributed by atoms with E-state index in [0.29, 0.717) is 17.2 Å². The number of amides is 1. The standard InChI is InChI=1S/C22H25N3O3/c1-3-15-6-4-5-7-18(15)24-22(26)17-13-25-14-19(16-8-10-28-11-9-16)23-21(25)12-20(17)27-2/h4-7,12-14,16H,3,8-11H2,1-2H3,(H,24,26). The zero-order chi connectivity index (χ0) is 19.5. The van der Waals surface area contributed by atoms with E-state index in [1.807, 2.05) is 40.9 Å². The van der Waals surface area contributed by atoms with Crippen LogP contribution in [-0.2, 0) is 11.2 Å². The number of aromatic nitrogens is 2. The minimum atomic E-state index is -0.194. The first-order valence-electron chi connectivity index (χ1n) is 9.73. The number of anilines is 1.